The van der Waals surface area contributed by atoms with Gasteiger partial charge in [-0.05, 0) is 46.2 Å². The molecular weight excluding hydrogens is 417 g/mol. The third kappa shape index (κ3) is 7.47. The minimum absolute atomic E-state index is 0.00942. The summed E-state index contributed by atoms with van der Waals surface area (Å²) in [6.45, 7) is 4.86. The summed E-state index contributed by atoms with van der Waals surface area (Å²) in [5, 5.41) is 7.12. The number of ether oxygens (including phenoxy) is 2. The molecular formula is C21H33F3N2O5. The molecule has 2 saturated heterocycles. The van der Waals surface area contributed by atoms with E-state index in [1.54, 1.807) is 0 Å². The van der Waals surface area contributed by atoms with Gasteiger partial charge in [0.05, 0.1) is 19.3 Å². The molecule has 10 heteroatoms. The molecule has 3 aliphatic rings. The molecule has 1 aliphatic carbocycles. The van der Waals surface area contributed by atoms with Crippen molar-refractivity contribution in [2.45, 2.75) is 44.4 Å². The summed E-state index contributed by atoms with van der Waals surface area (Å²) >= 11 is 0. The SMILES string of the molecule is CN(C)CCOCC12CCCOC1CCN(C(=O)C1CC=CC1)C2.O=C(O)C(F)(F)F. The highest BCUT2D eigenvalue weighted by molar-refractivity contribution is 5.80. The first-order valence-corrected chi connectivity index (χ1v) is 10.6. The van der Waals surface area contributed by atoms with E-state index in [0.717, 1.165) is 65.0 Å². The molecule has 2 unspecified atom stereocenters. The lowest BCUT2D eigenvalue weighted by Gasteiger charge is -2.50. The number of piperidine rings is 1. The summed E-state index contributed by atoms with van der Waals surface area (Å²) in [6.07, 6.45) is 4.37. The molecule has 31 heavy (non-hydrogen) atoms. The number of allylic oxidation sites excluding steroid dienone is 2. The fraction of sp³-hybridized carbons (Fsp3) is 0.810. The van der Waals surface area contributed by atoms with Crippen LogP contribution in [-0.4, -0.2) is 92.6 Å². The van der Waals surface area contributed by atoms with E-state index in [2.05, 4.69) is 36.0 Å². The first-order chi connectivity index (χ1) is 14.5. The summed E-state index contributed by atoms with van der Waals surface area (Å²) in [7, 11) is 4.12. The quantitative estimate of drug-likeness (QED) is 0.495. The Morgan fingerprint density at radius 2 is 1.94 bits per heavy atom. The predicted octanol–water partition coefficient (Wildman–Crippen LogP) is 2.56. The van der Waals surface area contributed by atoms with Gasteiger partial charge in [0.2, 0.25) is 5.91 Å². The zero-order chi connectivity index (χ0) is 23.1. The maximum atomic E-state index is 12.8. The van der Waals surface area contributed by atoms with Crippen molar-refractivity contribution in [2.75, 3.05) is 53.6 Å². The zero-order valence-corrected chi connectivity index (χ0v) is 18.2. The smallest absolute Gasteiger partial charge is 0.475 e. The second kappa shape index (κ2) is 11.3. The number of nitrogens with zero attached hydrogens (tertiary/aromatic N) is 2. The van der Waals surface area contributed by atoms with E-state index in [1.165, 1.54) is 0 Å². The largest absolute Gasteiger partial charge is 0.490 e. The maximum Gasteiger partial charge on any atom is 0.490 e. The van der Waals surface area contributed by atoms with Crippen molar-refractivity contribution in [3.8, 4) is 0 Å². The van der Waals surface area contributed by atoms with Gasteiger partial charge in [0, 0.05) is 37.6 Å². The average Bonchev–Trinajstić information content (AvgIpc) is 3.25. The van der Waals surface area contributed by atoms with E-state index in [1.807, 2.05) is 0 Å². The lowest BCUT2D eigenvalue weighted by molar-refractivity contribution is -0.192. The summed E-state index contributed by atoms with van der Waals surface area (Å²) in [6, 6.07) is 0. The van der Waals surface area contributed by atoms with Gasteiger partial charge in [-0.25, -0.2) is 4.79 Å². The Bertz CT molecular complexity index is 633. The molecule has 2 heterocycles. The van der Waals surface area contributed by atoms with E-state index < -0.39 is 12.1 Å². The minimum atomic E-state index is -5.08. The number of aliphatic carboxylic acids is 1. The topological polar surface area (TPSA) is 79.3 Å². The number of hydrogen-bond acceptors (Lipinski definition) is 5. The van der Waals surface area contributed by atoms with Crippen molar-refractivity contribution in [3.63, 3.8) is 0 Å². The van der Waals surface area contributed by atoms with Gasteiger partial charge < -0.3 is 24.4 Å². The Labute approximate surface area is 181 Å². The van der Waals surface area contributed by atoms with E-state index in [9.17, 15) is 18.0 Å². The van der Waals surface area contributed by atoms with Crippen molar-refractivity contribution in [1.29, 1.82) is 0 Å². The van der Waals surface area contributed by atoms with Crippen LogP contribution in [0.1, 0.15) is 32.1 Å². The molecule has 0 aromatic rings. The van der Waals surface area contributed by atoms with Crippen molar-refractivity contribution in [1.82, 2.24) is 9.80 Å². The number of carbonyl (C=O) groups is 2. The van der Waals surface area contributed by atoms with Crippen LogP contribution in [0.25, 0.3) is 0 Å². The van der Waals surface area contributed by atoms with Gasteiger partial charge in [-0.1, -0.05) is 12.2 Å². The number of likely N-dealkylation sites (N-methyl/N-ethyl adjacent to an activating group) is 1. The van der Waals surface area contributed by atoms with Crippen LogP contribution in [0.2, 0.25) is 0 Å². The third-order valence-corrected chi connectivity index (χ3v) is 5.97. The Morgan fingerprint density at radius 1 is 1.29 bits per heavy atom. The molecule has 0 bridgehead atoms. The highest BCUT2D eigenvalue weighted by atomic mass is 19.4. The van der Waals surface area contributed by atoms with Crippen molar-refractivity contribution in [2.24, 2.45) is 11.3 Å². The summed E-state index contributed by atoms with van der Waals surface area (Å²) in [5.41, 5.74) is -0.00942. The van der Waals surface area contributed by atoms with Gasteiger partial charge in [-0.3, -0.25) is 4.79 Å². The number of rotatable bonds is 6. The number of carbonyl (C=O) groups excluding carboxylic acids is 1. The number of alkyl halides is 3. The first kappa shape index (κ1) is 25.6. The number of fused-ring (bicyclic) bond motifs is 1. The molecule has 2 fully saturated rings. The molecule has 1 N–H and O–H groups in total. The molecule has 2 aliphatic heterocycles. The van der Waals surface area contributed by atoms with Crippen molar-refractivity contribution in [3.05, 3.63) is 12.2 Å². The molecule has 0 radical (unpaired) electrons. The standard InChI is InChI=1S/C19H32N2O3.C2HF3O2/c1-20(2)11-13-23-15-19-9-5-12-24-17(19)8-10-21(14-19)18(22)16-6-3-4-7-16;3-2(4,5)1(6)7/h3-4,16-17H,5-15H2,1-2H3;(H,6,7). The first-order valence-electron chi connectivity index (χ1n) is 10.6. The van der Waals surface area contributed by atoms with E-state index in [4.69, 9.17) is 19.4 Å². The lowest BCUT2D eigenvalue weighted by atomic mass is 9.72. The van der Waals surface area contributed by atoms with Gasteiger partial charge in [-0.2, -0.15) is 13.2 Å². The summed E-state index contributed by atoms with van der Waals surface area (Å²) in [5.74, 6) is -2.26. The second-order valence-corrected chi connectivity index (χ2v) is 8.67. The van der Waals surface area contributed by atoms with Gasteiger partial charge in [-0.15, -0.1) is 0 Å². The zero-order valence-electron chi connectivity index (χ0n) is 18.2. The van der Waals surface area contributed by atoms with Gasteiger partial charge in [0.1, 0.15) is 0 Å². The average molecular weight is 450 g/mol. The van der Waals surface area contributed by atoms with E-state index >= 15 is 0 Å². The van der Waals surface area contributed by atoms with Crippen LogP contribution in [0.3, 0.4) is 0 Å². The molecule has 2 atom stereocenters. The van der Waals surface area contributed by atoms with Gasteiger partial charge >= 0.3 is 12.1 Å². The maximum absolute atomic E-state index is 12.8. The predicted molar refractivity (Wildman–Crippen MR) is 108 cm³/mol. The van der Waals surface area contributed by atoms with Crippen LogP contribution in [-0.2, 0) is 19.1 Å². The van der Waals surface area contributed by atoms with E-state index in [0.29, 0.717) is 12.5 Å². The molecule has 1 amide bonds. The van der Waals surface area contributed by atoms with Crippen LogP contribution in [0.5, 0.6) is 0 Å². The molecule has 3 rings (SSSR count). The lowest BCUT2D eigenvalue weighted by Crippen LogP contribution is -2.58. The number of halogens is 3. The molecule has 0 spiro atoms. The number of carboxylic acid groups (broad SMARTS) is 1. The van der Waals surface area contributed by atoms with Crippen LogP contribution >= 0.6 is 0 Å². The van der Waals surface area contributed by atoms with Crippen LogP contribution < -0.4 is 0 Å². The Hall–Kier alpha value is -1.65. The minimum Gasteiger partial charge on any atom is -0.475 e. The van der Waals surface area contributed by atoms with Crippen molar-refractivity contribution < 1.29 is 37.3 Å². The van der Waals surface area contributed by atoms with E-state index in [-0.39, 0.29) is 17.4 Å². The number of likely N-dealkylation sites (tertiary alicyclic amines) is 1. The van der Waals surface area contributed by atoms with Gasteiger partial charge in [0.25, 0.3) is 0 Å². The molecule has 178 valence electrons. The highest BCUT2D eigenvalue weighted by Gasteiger charge is 2.47. The number of hydrogen-bond donors (Lipinski definition) is 1. The number of carboxylic acids is 1. The fourth-order valence-corrected chi connectivity index (χ4v) is 4.29. The van der Waals surface area contributed by atoms with Crippen LogP contribution in [0.4, 0.5) is 13.2 Å². The Morgan fingerprint density at radius 3 is 2.52 bits per heavy atom. The molecule has 0 aromatic carbocycles. The monoisotopic (exact) mass is 450 g/mol. The number of amides is 1. The third-order valence-electron chi connectivity index (χ3n) is 5.97. The Balaban J connectivity index is 0.000000423. The molecule has 0 saturated carbocycles. The summed E-state index contributed by atoms with van der Waals surface area (Å²) < 4.78 is 43.8. The normalized spacial score (nSPS) is 26.4. The van der Waals surface area contributed by atoms with Crippen molar-refractivity contribution >= 4 is 11.9 Å². The molecule has 0 aromatic heterocycles. The van der Waals surface area contributed by atoms with Gasteiger partial charge in [0.15, 0.2) is 0 Å². The highest BCUT2D eigenvalue weighted by Crippen LogP contribution is 2.41. The van der Waals surface area contributed by atoms with Crippen LogP contribution in [0.15, 0.2) is 12.2 Å². The summed E-state index contributed by atoms with van der Waals surface area (Å²) in [4.78, 5) is 26.0. The fourth-order valence-electron chi connectivity index (χ4n) is 4.29. The Kier molecular flexibility index (Phi) is 9.32. The molecule has 7 nitrogen and oxygen atoms in total. The second-order valence-electron chi connectivity index (χ2n) is 8.67. The van der Waals surface area contributed by atoms with Crippen LogP contribution in [0, 0.1) is 11.3 Å².